The average Bonchev–Trinajstić information content (AvgIpc) is 2.39. The SMILES string of the molecule is CC(C)c1ccccc1NS(=O)(=O)c1ccccc1N. The molecule has 4 nitrogen and oxygen atoms in total. The van der Waals surface area contributed by atoms with Gasteiger partial charge in [0.25, 0.3) is 10.0 Å². The van der Waals surface area contributed by atoms with Crippen LogP contribution in [0.4, 0.5) is 11.4 Å². The third-order valence-corrected chi connectivity index (χ3v) is 4.48. The van der Waals surface area contributed by atoms with Crippen LogP contribution in [0.15, 0.2) is 53.4 Å². The molecule has 0 bridgehead atoms. The van der Waals surface area contributed by atoms with Crippen LogP contribution in [0.25, 0.3) is 0 Å². The maximum absolute atomic E-state index is 12.4. The third kappa shape index (κ3) is 2.93. The van der Waals surface area contributed by atoms with Crippen LogP contribution in [-0.2, 0) is 10.0 Å². The highest BCUT2D eigenvalue weighted by molar-refractivity contribution is 7.92. The molecule has 0 unspecified atom stereocenters. The Labute approximate surface area is 119 Å². The summed E-state index contributed by atoms with van der Waals surface area (Å²) in [5, 5.41) is 0. The minimum atomic E-state index is -3.68. The molecule has 2 aromatic rings. The van der Waals surface area contributed by atoms with Gasteiger partial charge >= 0.3 is 0 Å². The standard InChI is InChI=1S/C15H18N2O2S/c1-11(2)12-7-3-5-9-14(12)17-20(18,19)15-10-6-4-8-13(15)16/h3-11,17H,16H2,1-2H3. The van der Waals surface area contributed by atoms with E-state index in [9.17, 15) is 8.42 Å². The van der Waals surface area contributed by atoms with Crippen LogP contribution >= 0.6 is 0 Å². The number of hydrogen-bond acceptors (Lipinski definition) is 3. The van der Waals surface area contributed by atoms with Crippen molar-refractivity contribution in [2.24, 2.45) is 0 Å². The second-order valence-electron chi connectivity index (χ2n) is 4.89. The van der Waals surface area contributed by atoms with Crippen LogP contribution in [0.3, 0.4) is 0 Å². The second-order valence-corrected chi connectivity index (χ2v) is 6.54. The van der Waals surface area contributed by atoms with Crippen LogP contribution in [-0.4, -0.2) is 8.42 Å². The summed E-state index contributed by atoms with van der Waals surface area (Å²) in [5.74, 6) is 0.224. The Bertz CT molecular complexity index is 709. The molecule has 0 aromatic heterocycles. The molecule has 0 aliphatic rings. The molecule has 5 heteroatoms. The van der Waals surface area contributed by atoms with Crippen LogP contribution in [0, 0.1) is 0 Å². The molecule has 0 aliphatic heterocycles. The molecule has 0 saturated carbocycles. The number of para-hydroxylation sites is 2. The predicted octanol–water partition coefficient (Wildman–Crippen LogP) is 3.19. The van der Waals surface area contributed by atoms with Gasteiger partial charge in [0.15, 0.2) is 0 Å². The summed E-state index contributed by atoms with van der Waals surface area (Å²) in [5.41, 5.74) is 7.52. The topological polar surface area (TPSA) is 72.2 Å². The van der Waals surface area contributed by atoms with Crippen molar-refractivity contribution in [3.8, 4) is 0 Å². The van der Waals surface area contributed by atoms with Gasteiger partial charge in [-0.15, -0.1) is 0 Å². The Balaban J connectivity index is 2.42. The molecule has 0 fully saturated rings. The summed E-state index contributed by atoms with van der Waals surface area (Å²) >= 11 is 0. The second kappa shape index (κ2) is 5.54. The van der Waals surface area contributed by atoms with E-state index in [-0.39, 0.29) is 16.5 Å². The lowest BCUT2D eigenvalue weighted by molar-refractivity contribution is 0.601. The highest BCUT2D eigenvalue weighted by Crippen LogP contribution is 2.27. The van der Waals surface area contributed by atoms with Crippen molar-refractivity contribution in [3.05, 3.63) is 54.1 Å². The van der Waals surface area contributed by atoms with E-state index in [1.165, 1.54) is 6.07 Å². The zero-order valence-electron chi connectivity index (χ0n) is 11.5. The van der Waals surface area contributed by atoms with Gasteiger partial charge in [-0.1, -0.05) is 44.2 Å². The number of nitrogens with one attached hydrogen (secondary N) is 1. The third-order valence-electron chi connectivity index (χ3n) is 3.04. The normalized spacial score (nSPS) is 11.6. The highest BCUT2D eigenvalue weighted by Gasteiger charge is 2.18. The Morgan fingerprint density at radius 3 is 2.25 bits per heavy atom. The first kappa shape index (κ1) is 14.4. The van der Waals surface area contributed by atoms with Crippen molar-refractivity contribution in [1.82, 2.24) is 0 Å². The van der Waals surface area contributed by atoms with Gasteiger partial charge in [0, 0.05) is 0 Å². The molecule has 106 valence electrons. The van der Waals surface area contributed by atoms with Crippen molar-refractivity contribution in [2.45, 2.75) is 24.7 Å². The van der Waals surface area contributed by atoms with E-state index in [1.54, 1.807) is 30.3 Å². The molecule has 0 spiro atoms. The van der Waals surface area contributed by atoms with Crippen molar-refractivity contribution < 1.29 is 8.42 Å². The van der Waals surface area contributed by atoms with Gasteiger partial charge < -0.3 is 5.73 Å². The fourth-order valence-corrected chi connectivity index (χ4v) is 3.24. The van der Waals surface area contributed by atoms with E-state index in [0.29, 0.717) is 5.69 Å². The molecule has 0 radical (unpaired) electrons. The summed E-state index contributed by atoms with van der Waals surface area (Å²) < 4.78 is 27.4. The molecular formula is C15H18N2O2S. The van der Waals surface area contributed by atoms with E-state index >= 15 is 0 Å². The summed E-state index contributed by atoms with van der Waals surface area (Å²) in [6.07, 6.45) is 0. The van der Waals surface area contributed by atoms with Crippen molar-refractivity contribution in [2.75, 3.05) is 10.5 Å². The zero-order chi connectivity index (χ0) is 14.8. The minimum Gasteiger partial charge on any atom is -0.398 e. The maximum atomic E-state index is 12.4. The van der Waals surface area contributed by atoms with Gasteiger partial charge in [-0.25, -0.2) is 8.42 Å². The first-order valence-corrected chi connectivity index (χ1v) is 7.86. The highest BCUT2D eigenvalue weighted by atomic mass is 32.2. The average molecular weight is 290 g/mol. The smallest absolute Gasteiger partial charge is 0.263 e. The predicted molar refractivity (Wildman–Crippen MR) is 82.2 cm³/mol. The van der Waals surface area contributed by atoms with E-state index in [2.05, 4.69) is 4.72 Å². The summed E-state index contributed by atoms with van der Waals surface area (Å²) in [4.78, 5) is 0.0959. The van der Waals surface area contributed by atoms with Gasteiger partial charge in [-0.2, -0.15) is 0 Å². The molecule has 0 atom stereocenters. The lowest BCUT2D eigenvalue weighted by Gasteiger charge is -2.15. The van der Waals surface area contributed by atoms with Crippen molar-refractivity contribution >= 4 is 21.4 Å². The first-order valence-electron chi connectivity index (χ1n) is 6.38. The summed E-state index contributed by atoms with van der Waals surface area (Å²) in [6, 6.07) is 13.8. The number of sulfonamides is 1. The largest absolute Gasteiger partial charge is 0.398 e. The fourth-order valence-electron chi connectivity index (χ4n) is 2.02. The van der Waals surface area contributed by atoms with Gasteiger partial charge in [-0.3, -0.25) is 4.72 Å². The minimum absolute atomic E-state index is 0.0959. The number of hydrogen-bond donors (Lipinski definition) is 2. The molecule has 0 heterocycles. The lowest BCUT2D eigenvalue weighted by atomic mass is 10.0. The van der Waals surface area contributed by atoms with Crippen molar-refractivity contribution in [1.29, 1.82) is 0 Å². The van der Waals surface area contributed by atoms with Crippen LogP contribution < -0.4 is 10.5 Å². The molecule has 0 amide bonds. The number of benzene rings is 2. The van der Waals surface area contributed by atoms with Gasteiger partial charge in [-0.05, 0) is 29.7 Å². The van der Waals surface area contributed by atoms with Gasteiger partial charge in [0.1, 0.15) is 4.90 Å². The molecule has 3 N–H and O–H groups in total. The molecule has 2 aromatic carbocycles. The van der Waals surface area contributed by atoms with E-state index in [0.717, 1.165) is 5.56 Å². The molecule has 2 rings (SSSR count). The van der Waals surface area contributed by atoms with Crippen LogP contribution in [0.5, 0.6) is 0 Å². The first-order chi connectivity index (χ1) is 9.42. The van der Waals surface area contributed by atoms with Crippen LogP contribution in [0.2, 0.25) is 0 Å². The quantitative estimate of drug-likeness (QED) is 0.849. The lowest BCUT2D eigenvalue weighted by Crippen LogP contribution is -2.16. The van der Waals surface area contributed by atoms with E-state index in [1.807, 2.05) is 26.0 Å². The molecule has 20 heavy (non-hydrogen) atoms. The zero-order valence-corrected chi connectivity index (χ0v) is 12.3. The Hall–Kier alpha value is -2.01. The van der Waals surface area contributed by atoms with Crippen molar-refractivity contribution in [3.63, 3.8) is 0 Å². The summed E-state index contributed by atoms with van der Waals surface area (Å²) in [7, 11) is -3.68. The monoisotopic (exact) mass is 290 g/mol. The maximum Gasteiger partial charge on any atom is 0.263 e. The number of rotatable bonds is 4. The Morgan fingerprint density at radius 2 is 1.60 bits per heavy atom. The number of anilines is 2. The molecule has 0 aliphatic carbocycles. The van der Waals surface area contributed by atoms with E-state index < -0.39 is 10.0 Å². The van der Waals surface area contributed by atoms with Crippen LogP contribution in [0.1, 0.15) is 25.3 Å². The van der Waals surface area contributed by atoms with Gasteiger partial charge in [0.05, 0.1) is 11.4 Å². The summed E-state index contributed by atoms with van der Waals surface area (Å²) in [6.45, 7) is 4.04. The fraction of sp³-hybridized carbons (Fsp3) is 0.200. The molecular weight excluding hydrogens is 272 g/mol. The molecule has 0 saturated heterocycles. The number of nitrogen functional groups attached to an aromatic ring is 1. The number of nitrogens with two attached hydrogens (primary N) is 1. The van der Waals surface area contributed by atoms with E-state index in [4.69, 9.17) is 5.73 Å². The Morgan fingerprint density at radius 1 is 1.00 bits per heavy atom. The Kier molecular flexibility index (Phi) is 3.99. The van der Waals surface area contributed by atoms with Gasteiger partial charge in [0.2, 0.25) is 0 Å².